The molecule has 2 aromatic carbocycles. The summed E-state index contributed by atoms with van der Waals surface area (Å²) in [6, 6.07) is 8.55. The lowest BCUT2D eigenvalue weighted by molar-refractivity contribution is -0.385. The van der Waals surface area contributed by atoms with Gasteiger partial charge < -0.3 is 10.6 Å². The van der Waals surface area contributed by atoms with E-state index in [9.17, 15) is 29.8 Å². The minimum atomic E-state index is -0.480. The molecule has 0 heterocycles. The number of unbranched alkanes of at least 4 members (excludes halogenated alkanes) is 3. The zero-order valence-electron chi connectivity index (χ0n) is 18.1. The first-order chi connectivity index (χ1) is 15.2. The van der Waals surface area contributed by atoms with Gasteiger partial charge in [0.15, 0.2) is 0 Å². The largest absolute Gasteiger partial charge is 0.352 e. The maximum Gasteiger partial charge on any atom is 0.272 e. The topological polar surface area (TPSA) is 144 Å². The summed E-state index contributed by atoms with van der Waals surface area (Å²) < 4.78 is 0. The van der Waals surface area contributed by atoms with Crippen molar-refractivity contribution in [1.29, 1.82) is 0 Å². The Balaban J connectivity index is 1.62. The summed E-state index contributed by atoms with van der Waals surface area (Å²) >= 11 is 0. The number of carbonyl (C=O) groups excluding carboxylic acids is 2. The Labute approximate surface area is 185 Å². The minimum absolute atomic E-state index is 0.0163. The van der Waals surface area contributed by atoms with Gasteiger partial charge in [0.25, 0.3) is 23.2 Å². The molecular formula is C22H26N4O6. The van der Waals surface area contributed by atoms with Crippen LogP contribution in [-0.4, -0.2) is 34.8 Å². The van der Waals surface area contributed by atoms with Crippen LogP contribution < -0.4 is 10.6 Å². The zero-order chi connectivity index (χ0) is 23.7. The van der Waals surface area contributed by atoms with Crippen LogP contribution in [0.2, 0.25) is 0 Å². The molecule has 170 valence electrons. The summed E-state index contributed by atoms with van der Waals surface area (Å²) in [7, 11) is 0. The highest BCUT2D eigenvalue weighted by Gasteiger charge is 2.14. The Morgan fingerprint density at radius 1 is 0.719 bits per heavy atom. The lowest BCUT2D eigenvalue weighted by atomic mass is 10.1. The molecule has 2 amide bonds. The van der Waals surface area contributed by atoms with E-state index in [1.165, 1.54) is 36.4 Å². The first kappa shape index (κ1) is 24.4. The van der Waals surface area contributed by atoms with Crippen molar-refractivity contribution < 1.29 is 19.4 Å². The molecular weight excluding hydrogens is 416 g/mol. The number of nitrogens with one attached hydrogen (secondary N) is 2. The summed E-state index contributed by atoms with van der Waals surface area (Å²) in [6.07, 6.45) is 3.28. The smallest absolute Gasteiger partial charge is 0.272 e. The van der Waals surface area contributed by atoms with E-state index in [0.717, 1.165) is 25.7 Å². The van der Waals surface area contributed by atoms with Gasteiger partial charge >= 0.3 is 0 Å². The lowest BCUT2D eigenvalue weighted by Crippen LogP contribution is -2.25. The molecule has 0 unspecified atom stereocenters. The fourth-order valence-electron chi connectivity index (χ4n) is 3.21. The molecule has 0 saturated carbocycles. The third-order valence-electron chi connectivity index (χ3n) is 4.99. The Bertz CT molecular complexity index is 940. The van der Waals surface area contributed by atoms with Gasteiger partial charge in [-0.1, -0.05) is 12.8 Å². The minimum Gasteiger partial charge on any atom is -0.352 e. The van der Waals surface area contributed by atoms with Crippen molar-refractivity contribution in [3.8, 4) is 0 Å². The zero-order valence-corrected chi connectivity index (χ0v) is 18.1. The molecule has 2 aromatic rings. The van der Waals surface area contributed by atoms with Crippen LogP contribution in [0, 0.1) is 34.1 Å². The van der Waals surface area contributed by atoms with E-state index >= 15 is 0 Å². The fourth-order valence-corrected chi connectivity index (χ4v) is 3.21. The summed E-state index contributed by atoms with van der Waals surface area (Å²) in [4.78, 5) is 45.0. The fraction of sp³-hybridized carbons (Fsp3) is 0.364. The number of hydrogen-bond donors (Lipinski definition) is 2. The van der Waals surface area contributed by atoms with E-state index in [1.54, 1.807) is 13.8 Å². The maximum atomic E-state index is 12.1. The van der Waals surface area contributed by atoms with Crippen molar-refractivity contribution in [2.75, 3.05) is 13.1 Å². The molecule has 32 heavy (non-hydrogen) atoms. The first-order valence-electron chi connectivity index (χ1n) is 10.3. The molecule has 10 heteroatoms. The molecule has 0 radical (unpaired) electrons. The van der Waals surface area contributed by atoms with Gasteiger partial charge in [0, 0.05) is 47.5 Å². The Kier molecular flexibility index (Phi) is 8.82. The van der Waals surface area contributed by atoms with Crippen LogP contribution in [0.5, 0.6) is 0 Å². The van der Waals surface area contributed by atoms with E-state index in [2.05, 4.69) is 10.6 Å². The third-order valence-corrected chi connectivity index (χ3v) is 4.99. The van der Waals surface area contributed by atoms with Crippen LogP contribution in [0.15, 0.2) is 36.4 Å². The highest BCUT2D eigenvalue weighted by atomic mass is 16.6. The van der Waals surface area contributed by atoms with Crippen LogP contribution in [0.25, 0.3) is 0 Å². The average molecular weight is 442 g/mol. The first-order valence-corrected chi connectivity index (χ1v) is 10.3. The second kappa shape index (κ2) is 11.5. The molecule has 0 spiro atoms. The predicted molar refractivity (Wildman–Crippen MR) is 119 cm³/mol. The van der Waals surface area contributed by atoms with Crippen molar-refractivity contribution in [3.63, 3.8) is 0 Å². The van der Waals surface area contributed by atoms with Crippen LogP contribution in [0.4, 0.5) is 11.4 Å². The number of amides is 2. The van der Waals surface area contributed by atoms with Crippen LogP contribution in [-0.2, 0) is 0 Å². The number of nitrogens with zero attached hydrogens (tertiary/aromatic N) is 2. The van der Waals surface area contributed by atoms with E-state index in [4.69, 9.17) is 0 Å². The second-order valence-corrected chi connectivity index (χ2v) is 7.44. The molecule has 0 aliphatic carbocycles. The molecule has 2 rings (SSSR count). The van der Waals surface area contributed by atoms with Gasteiger partial charge in [-0.3, -0.25) is 29.8 Å². The molecule has 0 aliphatic rings. The summed E-state index contributed by atoms with van der Waals surface area (Å²) in [6.45, 7) is 4.17. The number of carbonyl (C=O) groups is 2. The van der Waals surface area contributed by atoms with Gasteiger partial charge in [-0.25, -0.2) is 0 Å². The van der Waals surface area contributed by atoms with Crippen molar-refractivity contribution in [1.82, 2.24) is 10.6 Å². The Hall–Kier alpha value is -3.82. The third kappa shape index (κ3) is 6.86. The molecule has 0 saturated heterocycles. The predicted octanol–water partition coefficient (Wildman–Crippen LogP) is 3.84. The standard InChI is InChI=1S/C22H26N4O6/c1-15-13-17(7-9-19(15)25(29)30)21(27)23-11-5-3-4-6-12-24-22(28)18-8-10-20(26(31)32)16(2)14-18/h7-10,13-14H,3-6,11-12H2,1-2H3,(H,23,27)(H,24,28). The normalized spacial score (nSPS) is 10.4. The summed E-state index contributed by atoms with van der Waals surface area (Å²) in [5.74, 6) is -0.540. The van der Waals surface area contributed by atoms with Crippen molar-refractivity contribution >= 4 is 23.2 Å². The van der Waals surface area contributed by atoms with E-state index in [1.807, 2.05) is 0 Å². The van der Waals surface area contributed by atoms with E-state index < -0.39 is 9.85 Å². The highest BCUT2D eigenvalue weighted by Crippen LogP contribution is 2.19. The molecule has 0 aliphatic heterocycles. The monoisotopic (exact) mass is 442 g/mol. The van der Waals surface area contributed by atoms with E-state index in [-0.39, 0.29) is 23.2 Å². The summed E-state index contributed by atoms with van der Waals surface area (Å²) in [5, 5.41) is 27.3. The molecule has 2 N–H and O–H groups in total. The average Bonchev–Trinajstić information content (AvgIpc) is 2.74. The Morgan fingerprint density at radius 2 is 1.09 bits per heavy atom. The molecule has 10 nitrogen and oxygen atoms in total. The van der Waals surface area contributed by atoms with Gasteiger partial charge in [-0.05, 0) is 51.0 Å². The van der Waals surface area contributed by atoms with Gasteiger partial charge in [0.2, 0.25) is 0 Å². The van der Waals surface area contributed by atoms with Gasteiger partial charge in [-0.15, -0.1) is 0 Å². The number of nitro groups is 2. The van der Waals surface area contributed by atoms with Crippen LogP contribution in [0.1, 0.15) is 57.5 Å². The molecule has 0 bridgehead atoms. The molecule has 0 fully saturated rings. The van der Waals surface area contributed by atoms with E-state index in [0.29, 0.717) is 35.3 Å². The maximum absolute atomic E-state index is 12.1. The van der Waals surface area contributed by atoms with Gasteiger partial charge in [0.1, 0.15) is 0 Å². The number of nitro benzene ring substituents is 2. The SMILES string of the molecule is Cc1cc(C(=O)NCCCCCCNC(=O)c2ccc([N+](=O)[O-])c(C)c2)ccc1[N+](=O)[O-]. The quantitative estimate of drug-likeness (QED) is 0.307. The van der Waals surface area contributed by atoms with Crippen molar-refractivity contribution in [2.24, 2.45) is 0 Å². The van der Waals surface area contributed by atoms with Gasteiger partial charge in [-0.2, -0.15) is 0 Å². The van der Waals surface area contributed by atoms with Crippen LogP contribution >= 0.6 is 0 Å². The van der Waals surface area contributed by atoms with Gasteiger partial charge in [0.05, 0.1) is 9.85 Å². The number of rotatable bonds is 11. The number of hydrogen-bond acceptors (Lipinski definition) is 6. The Morgan fingerprint density at radius 3 is 1.41 bits per heavy atom. The van der Waals surface area contributed by atoms with Crippen LogP contribution in [0.3, 0.4) is 0 Å². The highest BCUT2D eigenvalue weighted by molar-refractivity contribution is 5.95. The molecule has 0 atom stereocenters. The molecule has 0 aromatic heterocycles. The lowest BCUT2D eigenvalue weighted by Gasteiger charge is -2.08. The summed E-state index contributed by atoms with van der Waals surface area (Å²) in [5.41, 5.74) is 1.62. The van der Waals surface area contributed by atoms with Crippen molar-refractivity contribution in [2.45, 2.75) is 39.5 Å². The number of benzene rings is 2. The van der Waals surface area contributed by atoms with Crippen molar-refractivity contribution in [3.05, 3.63) is 78.9 Å². The second-order valence-electron chi connectivity index (χ2n) is 7.44. The number of aryl methyl sites for hydroxylation is 2.